The summed E-state index contributed by atoms with van der Waals surface area (Å²) in [6.07, 6.45) is -0.288. The molecule has 0 bridgehead atoms. The first-order chi connectivity index (χ1) is 14.4. The second kappa shape index (κ2) is 8.69. The van der Waals surface area contributed by atoms with Gasteiger partial charge in [0.25, 0.3) is 11.7 Å². The Hall–Kier alpha value is -2.89. The number of hydrogen-bond acceptors (Lipinski definition) is 6. The number of nitrogens with one attached hydrogen (secondary N) is 2. The normalized spacial score (nSPS) is 18.7. The fourth-order valence-electron chi connectivity index (χ4n) is 3.05. The van der Waals surface area contributed by atoms with E-state index in [9.17, 15) is 27.5 Å². The number of ether oxygens (including phenoxy) is 1. The van der Waals surface area contributed by atoms with Crippen molar-refractivity contribution in [1.82, 2.24) is 5.32 Å². The minimum atomic E-state index is -3.52. The van der Waals surface area contributed by atoms with E-state index in [1.807, 2.05) is 0 Å². The number of nitrogens with zero attached hydrogens (tertiary/aromatic N) is 1. The smallest absolute Gasteiger partial charge is 0.407 e. The SMILES string of the molecule is CS(=O)(=O)Nc1cccc(N2CC[C@@](O)(OC(=O)NCc3cc(F)cc(Cl)c3)C2=O)c1. The van der Waals surface area contributed by atoms with Gasteiger partial charge in [-0.3, -0.25) is 9.52 Å². The maximum atomic E-state index is 13.4. The summed E-state index contributed by atoms with van der Waals surface area (Å²) in [5.41, 5.74) is 0.909. The standard InChI is InChI=1S/C19H19ClFN3O6S/c1-31(28,29)23-15-3-2-4-16(10-15)24-6-5-19(27,17(24)25)30-18(26)22-11-12-7-13(20)9-14(21)8-12/h2-4,7-10,23,27H,5-6,11H2,1H3,(H,22,26)/t19-/m1/s1. The fraction of sp³-hybridized carbons (Fsp3) is 0.263. The van der Waals surface area contributed by atoms with Gasteiger partial charge >= 0.3 is 6.09 Å². The van der Waals surface area contributed by atoms with E-state index >= 15 is 0 Å². The highest BCUT2D eigenvalue weighted by Gasteiger charge is 2.49. The molecular weight excluding hydrogens is 453 g/mol. The molecule has 0 spiro atoms. The Kier molecular flexibility index (Phi) is 6.39. The van der Waals surface area contributed by atoms with Crippen molar-refractivity contribution in [2.75, 3.05) is 22.4 Å². The van der Waals surface area contributed by atoms with E-state index in [0.717, 1.165) is 12.3 Å². The average Bonchev–Trinajstić information content (AvgIpc) is 2.93. The van der Waals surface area contributed by atoms with Crippen molar-refractivity contribution in [2.45, 2.75) is 18.8 Å². The highest BCUT2D eigenvalue weighted by molar-refractivity contribution is 7.92. The molecule has 1 atom stereocenters. The van der Waals surface area contributed by atoms with Crippen LogP contribution in [0.5, 0.6) is 0 Å². The lowest BCUT2D eigenvalue weighted by atomic mass is 10.2. The third-order valence-electron chi connectivity index (χ3n) is 4.34. The van der Waals surface area contributed by atoms with E-state index in [1.165, 1.54) is 35.2 Å². The van der Waals surface area contributed by atoms with Gasteiger partial charge in [-0.05, 0) is 42.0 Å². The molecule has 2 aromatic carbocycles. The summed E-state index contributed by atoms with van der Waals surface area (Å²) in [6.45, 7) is -0.103. The first-order valence-corrected chi connectivity index (χ1v) is 11.3. The van der Waals surface area contributed by atoms with Crippen LogP contribution in [0.2, 0.25) is 5.02 Å². The molecule has 0 unspecified atom stereocenters. The minimum Gasteiger partial charge on any atom is -0.407 e. The molecule has 31 heavy (non-hydrogen) atoms. The molecule has 12 heteroatoms. The summed E-state index contributed by atoms with van der Waals surface area (Å²) >= 11 is 5.75. The molecule has 0 radical (unpaired) electrons. The summed E-state index contributed by atoms with van der Waals surface area (Å²) in [6, 6.07) is 9.72. The molecule has 0 aromatic heterocycles. The Balaban J connectivity index is 1.65. The fourth-order valence-corrected chi connectivity index (χ4v) is 3.85. The zero-order valence-corrected chi connectivity index (χ0v) is 17.8. The number of anilines is 2. The summed E-state index contributed by atoms with van der Waals surface area (Å²) < 4.78 is 43.4. The Morgan fingerprint density at radius 1 is 1.32 bits per heavy atom. The number of hydrogen-bond donors (Lipinski definition) is 3. The van der Waals surface area contributed by atoms with E-state index < -0.39 is 33.6 Å². The van der Waals surface area contributed by atoms with Crippen LogP contribution in [0.15, 0.2) is 42.5 Å². The van der Waals surface area contributed by atoms with Gasteiger partial charge in [0.15, 0.2) is 0 Å². The van der Waals surface area contributed by atoms with Gasteiger partial charge in [-0.2, -0.15) is 0 Å². The van der Waals surface area contributed by atoms with Crippen molar-refractivity contribution in [3.63, 3.8) is 0 Å². The Bertz CT molecular complexity index is 1110. The second-order valence-electron chi connectivity index (χ2n) is 6.94. The van der Waals surface area contributed by atoms with Gasteiger partial charge in [-0.1, -0.05) is 17.7 Å². The van der Waals surface area contributed by atoms with Crippen LogP contribution in [-0.4, -0.2) is 44.1 Å². The van der Waals surface area contributed by atoms with Gasteiger partial charge < -0.3 is 20.1 Å². The molecule has 1 heterocycles. The first kappa shape index (κ1) is 22.8. The molecule has 3 N–H and O–H groups in total. The molecule has 0 aliphatic carbocycles. The van der Waals surface area contributed by atoms with Gasteiger partial charge in [0.2, 0.25) is 10.0 Å². The van der Waals surface area contributed by atoms with Crippen molar-refractivity contribution in [1.29, 1.82) is 0 Å². The molecule has 9 nitrogen and oxygen atoms in total. The average molecular weight is 472 g/mol. The van der Waals surface area contributed by atoms with Crippen LogP contribution < -0.4 is 14.9 Å². The van der Waals surface area contributed by atoms with Crippen LogP contribution in [0.4, 0.5) is 20.6 Å². The monoisotopic (exact) mass is 471 g/mol. The first-order valence-electron chi connectivity index (χ1n) is 8.99. The lowest BCUT2D eigenvalue weighted by Crippen LogP contribution is -2.46. The van der Waals surface area contributed by atoms with Gasteiger partial charge in [0, 0.05) is 30.2 Å². The molecule has 0 saturated carbocycles. The van der Waals surface area contributed by atoms with Gasteiger partial charge in [-0.15, -0.1) is 0 Å². The summed E-state index contributed by atoms with van der Waals surface area (Å²) in [5, 5.41) is 13.0. The third kappa shape index (κ3) is 5.84. The molecule has 166 valence electrons. The number of carbonyl (C=O) groups is 2. The van der Waals surface area contributed by atoms with Crippen molar-refractivity contribution in [2.24, 2.45) is 0 Å². The number of sulfonamides is 1. The molecular formula is C19H19ClFN3O6S. The predicted octanol–water partition coefficient (Wildman–Crippen LogP) is 2.20. The molecule has 2 aromatic rings. The van der Waals surface area contributed by atoms with E-state index in [4.69, 9.17) is 16.3 Å². The minimum absolute atomic E-state index is 0.0322. The molecule has 1 saturated heterocycles. The van der Waals surface area contributed by atoms with Crippen LogP contribution in [0, 0.1) is 5.82 Å². The maximum absolute atomic E-state index is 13.4. The molecule has 2 amide bonds. The van der Waals surface area contributed by atoms with Gasteiger partial charge in [-0.25, -0.2) is 17.6 Å². The molecule has 3 rings (SSSR count). The Morgan fingerprint density at radius 3 is 2.74 bits per heavy atom. The lowest BCUT2D eigenvalue weighted by molar-refractivity contribution is -0.175. The van der Waals surface area contributed by atoms with Crippen molar-refractivity contribution in [3.8, 4) is 0 Å². The zero-order valence-electron chi connectivity index (χ0n) is 16.3. The van der Waals surface area contributed by atoms with E-state index in [2.05, 4.69) is 10.0 Å². The Morgan fingerprint density at radius 2 is 2.06 bits per heavy atom. The topological polar surface area (TPSA) is 125 Å². The van der Waals surface area contributed by atoms with Crippen LogP contribution in [0.1, 0.15) is 12.0 Å². The predicted molar refractivity (Wildman–Crippen MR) is 112 cm³/mol. The highest BCUT2D eigenvalue weighted by Crippen LogP contribution is 2.31. The maximum Gasteiger partial charge on any atom is 0.410 e. The summed E-state index contributed by atoms with van der Waals surface area (Å²) in [5.74, 6) is -3.86. The van der Waals surface area contributed by atoms with Gasteiger partial charge in [0.1, 0.15) is 5.82 Å². The van der Waals surface area contributed by atoms with Crippen LogP contribution in [0.25, 0.3) is 0 Å². The van der Waals surface area contributed by atoms with E-state index in [-0.39, 0.29) is 30.2 Å². The molecule has 1 fully saturated rings. The Labute approximate surface area is 182 Å². The zero-order chi connectivity index (χ0) is 22.8. The largest absolute Gasteiger partial charge is 0.410 e. The van der Waals surface area contributed by atoms with Crippen LogP contribution >= 0.6 is 11.6 Å². The summed E-state index contributed by atoms with van der Waals surface area (Å²) in [4.78, 5) is 25.9. The number of aliphatic hydroxyl groups is 1. The number of alkyl carbamates (subject to hydrolysis) is 1. The third-order valence-corrected chi connectivity index (χ3v) is 5.16. The van der Waals surface area contributed by atoms with Crippen molar-refractivity contribution < 1.29 is 32.2 Å². The van der Waals surface area contributed by atoms with Crippen molar-refractivity contribution >= 4 is 45.0 Å². The number of rotatable bonds is 6. The number of benzene rings is 2. The van der Waals surface area contributed by atoms with Crippen molar-refractivity contribution in [3.05, 3.63) is 58.9 Å². The van der Waals surface area contributed by atoms with E-state index in [0.29, 0.717) is 11.3 Å². The van der Waals surface area contributed by atoms with E-state index in [1.54, 1.807) is 6.07 Å². The second-order valence-corrected chi connectivity index (χ2v) is 9.12. The molecule has 1 aliphatic heterocycles. The van der Waals surface area contributed by atoms with Crippen LogP contribution in [0.3, 0.4) is 0 Å². The highest BCUT2D eigenvalue weighted by atomic mass is 35.5. The number of carbonyl (C=O) groups excluding carboxylic acids is 2. The van der Waals surface area contributed by atoms with Gasteiger partial charge in [0.05, 0.1) is 11.9 Å². The quantitative estimate of drug-likeness (QED) is 0.555. The number of halogens is 2. The summed E-state index contributed by atoms with van der Waals surface area (Å²) in [7, 11) is -3.52. The lowest BCUT2D eigenvalue weighted by Gasteiger charge is -2.23. The number of amides is 2. The van der Waals surface area contributed by atoms with Crippen LogP contribution in [-0.2, 0) is 26.1 Å². The molecule has 1 aliphatic rings.